The van der Waals surface area contributed by atoms with Gasteiger partial charge in [0.1, 0.15) is 0 Å². The lowest BCUT2D eigenvalue weighted by Crippen LogP contribution is -2.18. The van der Waals surface area contributed by atoms with Gasteiger partial charge in [-0.05, 0) is 30.9 Å². The highest BCUT2D eigenvalue weighted by Crippen LogP contribution is 2.11. The van der Waals surface area contributed by atoms with E-state index >= 15 is 0 Å². The molecule has 0 atom stereocenters. The van der Waals surface area contributed by atoms with Crippen molar-refractivity contribution in [3.05, 3.63) is 41.0 Å². The molecule has 0 saturated heterocycles. The van der Waals surface area contributed by atoms with Crippen molar-refractivity contribution in [1.29, 1.82) is 0 Å². The highest BCUT2D eigenvalue weighted by Gasteiger charge is 2.03. The predicted octanol–water partition coefficient (Wildman–Crippen LogP) is 2.16. The average molecular weight is 319 g/mol. The van der Waals surface area contributed by atoms with E-state index in [2.05, 4.69) is 20.5 Å². The fraction of sp³-hybridized carbons (Fsp3) is 0.214. The third-order valence-corrected chi connectivity index (χ3v) is 3.44. The van der Waals surface area contributed by atoms with Gasteiger partial charge in [0.2, 0.25) is 5.95 Å². The molecule has 2 aromatic rings. The molecule has 0 aliphatic rings. The first-order valence-corrected chi connectivity index (χ1v) is 7.77. The van der Waals surface area contributed by atoms with Gasteiger partial charge in [-0.2, -0.15) is 4.98 Å². The van der Waals surface area contributed by atoms with Crippen LogP contribution in [0.15, 0.2) is 35.0 Å². The Morgan fingerprint density at radius 1 is 1.41 bits per heavy atom. The highest BCUT2D eigenvalue weighted by atomic mass is 32.2. The molecule has 0 unspecified atom stereocenters. The molecule has 1 amide bonds. The van der Waals surface area contributed by atoms with Crippen molar-refractivity contribution in [2.45, 2.75) is 12.1 Å². The fourth-order valence-corrected chi connectivity index (χ4v) is 2.08. The molecule has 1 aromatic heterocycles. The number of carbonyl (C=O) groups is 1. The number of anilines is 1. The predicted molar refractivity (Wildman–Crippen MR) is 86.0 cm³/mol. The van der Waals surface area contributed by atoms with Gasteiger partial charge in [-0.3, -0.25) is 15.1 Å². The summed E-state index contributed by atoms with van der Waals surface area (Å²) in [7, 11) is 0. The number of thioether (sulfide) groups is 1. The first-order chi connectivity index (χ1) is 10.6. The first-order valence-electron chi connectivity index (χ1n) is 6.54. The molecule has 22 heavy (non-hydrogen) atoms. The number of hydrogen-bond acceptors (Lipinski definition) is 6. The van der Waals surface area contributed by atoms with E-state index < -0.39 is 5.91 Å². The number of hydroxylamine groups is 1. The quantitative estimate of drug-likeness (QED) is 0.370. The average Bonchev–Trinajstić information content (AvgIpc) is 3.01. The van der Waals surface area contributed by atoms with Crippen LogP contribution in [0, 0.1) is 0 Å². The van der Waals surface area contributed by atoms with E-state index in [-0.39, 0.29) is 0 Å². The number of rotatable bonds is 6. The second kappa shape index (κ2) is 7.62. The van der Waals surface area contributed by atoms with E-state index in [1.165, 1.54) is 11.8 Å². The molecule has 0 aliphatic carbocycles. The zero-order valence-corrected chi connectivity index (χ0v) is 13.1. The maximum absolute atomic E-state index is 11.2. The van der Waals surface area contributed by atoms with Gasteiger partial charge in [0.25, 0.3) is 5.91 Å². The molecule has 0 aliphatic heterocycles. The topological polar surface area (TPSA) is 103 Å². The third-order valence-electron chi connectivity index (χ3n) is 2.87. The van der Waals surface area contributed by atoms with E-state index in [1.54, 1.807) is 17.6 Å². The van der Waals surface area contributed by atoms with Gasteiger partial charge < -0.3 is 5.32 Å². The second-order valence-electron chi connectivity index (χ2n) is 4.58. The van der Waals surface area contributed by atoms with Crippen LogP contribution >= 0.6 is 11.8 Å². The first kappa shape index (κ1) is 16.1. The van der Waals surface area contributed by atoms with Crippen LogP contribution in [-0.2, 0) is 0 Å². The molecular weight excluding hydrogens is 302 g/mol. The summed E-state index contributed by atoms with van der Waals surface area (Å²) >= 11 is 1.50. The summed E-state index contributed by atoms with van der Waals surface area (Å²) in [5, 5.41) is 19.3. The molecule has 116 valence electrons. The summed E-state index contributed by atoms with van der Waals surface area (Å²) < 4.78 is 0. The van der Waals surface area contributed by atoms with Crippen LogP contribution in [0.3, 0.4) is 0 Å². The molecule has 1 heterocycles. The van der Waals surface area contributed by atoms with Crippen LogP contribution < -0.4 is 10.8 Å². The van der Waals surface area contributed by atoms with Crippen LogP contribution in [0.1, 0.15) is 22.8 Å². The van der Waals surface area contributed by atoms with E-state index in [0.29, 0.717) is 18.1 Å². The van der Waals surface area contributed by atoms with E-state index in [4.69, 9.17) is 5.21 Å². The molecule has 1 aromatic carbocycles. The van der Waals surface area contributed by atoms with Gasteiger partial charge in [-0.25, -0.2) is 5.48 Å². The van der Waals surface area contributed by atoms with Crippen molar-refractivity contribution in [2.24, 2.45) is 0 Å². The number of benzene rings is 1. The second-order valence-corrected chi connectivity index (χ2v) is 5.37. The Morgan fingerprint density at radius 2 is 2.14 bits per heavy atom. The largest absolute Gasteiger partial charge is 0.349 e. The van der Waals surface area contributed by atoms with Crippen molar-refractivity contribution in [3.63, 3.8) is 0 Å². The zero-order valence-electron chi connectivity index (χ0n) is 12.3. The minimum atomic E-state index is -0.525. The lowest BCUT2D eigenvalue weighted by molar-refractivity contribution is 0.0706. The molecule has 8 heteroatoms. The summed E-state index contributed by atoms with van der Waals surface area (Å²) in [6.07, 6.45) is 3.92. The molecule has 0 radical (unpaired) electrons. The van der Waals surface area contributed by atoms with Gasteiger partial charge in [-0.15, -0.1) is 5.10 Å². The minimum Gasteiger partial charge on any atom is -0.349 e. The maximum Gasteiger partial charge on any atom is 0.274 e. The molecule has 0 saturated carbocycles. The van der Waals surface area contributed by atoms with Gasteiger partial charge in [0, 0.05) is 12.1 Å². The Bertz CT molecular complexity index is 666. The number of aromatic nitrogens is 3. The monoisotopic (exact) mass is 319 g/mol. The molecule has 2 rings (SSSR count). The van der Waals surface area contributed by atoms with E-state index in [0.717, 1.165) is 16.3 Å². The summed E-state index contributed by atoms with van der Waals surface area (Å²) in [5.41, 5.74) is 4.07. The van der Waals surface area contributed by atoms with E-state index in [9.17, 15) is 4.79 Å². The molecule has 4 N–H and O–H groups in total. The molecule has 7 nitrogen and oxygen atoms in total. The number of H-pyrrole nitrogens is 1. The zero-order chi connectivity index (χ0) is 15.9. The summed E-state index contributed by atoms with van der Waals surface area (Å²) in [4.78, 5) is 15.5. The lowest BCUT2D eigenvalue weighted by atomic mass is 10.1. The van der Waals surface area contributed by atoms with Crippen LogP contribution in [0.4, 0.5) is 5.95 Å². The van der Waals surface area contributed by atoms with Crippen molar-refractivity contribution in [3.8, 4) is 0 Å². The minimum absolute atomic E-state index is 0.403. The number of nitrogens with zero attached hydrogens (tertiary/aromatic N) is 2. The van der Waals surface area contributed by atoms with Crippen molar-refractivity contribution in [2.75, 3.05) is 18.1 Å². The Morgan fingerprint density at radius 3 is 2.73 bits per heavy atom. The molecular formula is C14H17N5O2S. The lowest BCUT2D eigenvalue weighted by Gasteiger charge is -2.03. The van der Waals surface area contributed by atoms with Crippen LogP contribution in [0.25, 0.3) is 6.08 Å². The Hall–Kier alpha value is -2.32. The fourth-order valence-electron chi connectivity index (χ4n) is 1.77. The van der Waals surface area contributed by atoms with Crippen LogP contribution in [-0.4, -0.2) is 39.1 Å². The maximum atomic E-state index is 11.2. The third kappa shape index (κ3) is 4.34. The standard InChI is InChI=1S/C14H17N5O2S/c1-9(8-15-13-16-14(22-2)18-17-13)7-10-3-5-11(6-4-10)12(20)19-21/h3-7,21H,8H2,1-2H3,(H,19,20)(H2,15,16,17,18). The normalized spacial score (nSPS) is 11.3. The molecule has 0 fully saturated rings. The summed E-state index contributed by atoms with van der Waals surface area (Å²) in [5.74, 6) is 0.0372. The number of carbonyl (C=O) groups excluding carboxylic acids is 1. The number of hydrogen-bond donors (Lipinski definition) is 4. The van der Waals surface area contributed by atoms with Gasteiger partial charge >= 0.3 is 0 Å². The van der Waals surface area contributed by atoms with Crippen LogP contribution in [0.2, 0.25) is 0 Å². The van der Waals surface area contributed by atoms with Crippen molar-refractivity contribution >= 4 is 29.7 Å². The van der Waals surface area contributed by atoms with Gasteiger partial charge in [0.05, 0.1) is 0 Å². The van der Waals surface area contributed by atoms with Gasteiger partial charge in [0.15, 0.2) is 5.16 Å². The molecule has 0 bridgehead atoms. The summed E-state index contributed by atoms with van der Waals surface area (Å²) in [6.45, 7) is 2.61. The number of amides is 1. The van der Waals surface area contributed by atoms with E-state index in [1.807, 2.05) is 31.4 Å². The Kier molecular flexibility index (Phi) is 5.56. The van der Waals surface area contributed by atoms with Gasteiger partial charge in [-0.1, -0.05) is 35.5 Å². The number of nitrogens with one attached hydrogen (secondary N) is 3. The Labute approximate surface area is 132 Å². The number of aromatic amines is 1. The highest BCUT2D eigenvalue weighted by molar-refractivity contribution is 7.98. The van der Waals surface area contributed by atoms with Crippen molar-refractivity contribution in [1.82, 2.24) is 20.7 Å². The summed E-state index contributed by atoms with van der Waals surface area (Å²) in [6, 6.07) is 6.93. The Balaban J connectivity index is 1.95. The SMILES string of the molecule is CSc1nc(NCC(C)=Cc2ccc(C(=O)NO)cc2)n[nH]1. The van der Waals surface area contributed by atoms with Crippen molar-refractivity contribution < 1.29 is 10.0 Å². The smallest absolute Gasteiger partial charge is 0.274 e. The van der Waals surface area contributed by atoms with Crippen LogP contribution in [0.5, 0.6) is 0 Å². The molecule has 0 spiro atoms.